The van der Waals surface area contributed by atoms with Crippen LogP contribution in [0.15, 0.2) is 12.5 Å². The van der Waals surface area contributed by atoms with E-state index in [1.54, 1.807) is 0 Å². The van der Waals surface area contributed by atoms with Gasteiger partial charge in [0.05, 0.1) is 6.33 Å². The lowest BCUT2D eigenvalue weighted by molar-refractivity contribution is 0.332. The zero-order valence-electron chi connectivity index (χ0n) is 11.0. The molecule has 16 heavy (non-hydrogen) atoms. The molecule has 1 aromatic rings. The van der Waals surface area contributed by atoms with E-state index >= 15 is 0 Å². The highest BCUT2D eigenvalue weighted by Crippen LogP contribution is 2.21. The fourth-order valence-corrected chi connectivity index (χ4v) is 1.90. The van der Waals surface area contributed by atoms with Gasteiger partial charge in [0.2, 0.25) is 0 Å². The first-order chi connectivity index (χ1) is 7.56. The first kappa shape index (κ1) is 13.2. The van der Waals surface area contributed by atoms with E-state index in [2.05, 4.69) is 37.2 Å². The third-order valence-corrected chi connectivity index (χ3v) is 3.76. The van der Waals surface area contributed by atoms with Crippen LogP contribution in [0.5, 0.6) is 0 Å². The van der Waals surface area contributed by atoms with E-state index in [9.17, 15) is 0 Å². The molecule has 1 heterocycles. The molecule has 0 amide bonds. The largest absolute Gasteiger partial charge is 0.332 e. The van der Waals surface area contributed by atoms with Gasteiger partial charge in [-0.25, -0.2) is 4.98 Å². The number of hydrogen-bond acceptors (Lipinski definition) is 2. The van der Waals surface area contributed by atoms with Crippen LogP contribution in [0.25, 0.3) is 0 Å². The molecule has 0 fully saturated rings. The molecule has 0 aliphatic carbocycles. The van der Waals surface area contributed by atoms with E-state index in [1.165, 1.54) is 5.69 Å². The van der Waals surface area contributed by atoms with Gasteiger partial charge in [-0.2, -0.15) is 0 Å². The first-order valence-electron chi connectivity index (χ1n) is 6.35. The fraction of sp³-hybridized carbons (Fsp3) is 0.769. The zero-order valence-corrected chi connectivity index (χ0v) is 11.0. The highest BCUT2D eigenvalue weighted by molar-refractivity contribution is 5.06. The lowest BCUT2D eigenvalue weighted by atomic mass is 9.93. The van der Waals surface area contributed by atoms with Crippen LogP contribution in [-0.2, 0) is 6.54 Å². The average Bonchev–Trinajstić information content (AvgIpc) is 2.75. The van der Waals surface area contributed by atoms with E-state index in [-0.39, 0.29) is 5.54 Å². The summed E-state index contributed by atoms with van der Waals surface area (Å²) in [5.74, 6) is 0.556. The van der Waals surface area contributed by atoms with Crippen molar-refractivity contribution in [2.75, 3.05) is 0 Å². The molecule has 1 rings (SSSR count). The number of hydrogen-bond donors (Lipinski definition) is 1. The van der Waals surface area contributed by atoms with Crippen molar-refractivity contribution in [3.05, 3.63) is 18.2 Å². The minimum Gasteiger partial charge on any atom is -0.332 e. The van der Waals surface area contributed by atoms with Crippen molar-refractivity contribution in [1.82, 2.24) is 9.55 Å². The molecule has 0 saturated heterocycles. The Morgan fingerprint density at radius 2 is 2.00 bits per heavy atom. The van der Waals surface area contributed by atoms with Crippen LogP contribution in [0.3, 0.4) is 0 Å². The second kappa shape index (κ2) is 5.48. The molecule has 2 N–H and O–H groups in total. The molecule has 0 aliphatic rings. The van der Waals surface area contributed by atoms with Crippen molar-refractivity contribution in [3.63, 3.8) is 0 Å². The third-order valence-electron chi connectivity index (χ3n) is 3.76. The normalized spacial score (nSPS) is 14.1. The van der Waals surface area contributed by atoms with Crippen LogP contribution in [0.2, 0.25) is 0 Å². The van der Waals surface area contributed by atoms with Gasteiger partial charge < -0.3 is 10.3 Å². The van der Waals surface area contributed by atoms with Gasteiger partial charge >= 0.3 is 0 Å². The Bertz CT molecular complexity index is 313. The summed E-state index contributed by atoms with van der Waals surface area (Å²) in [4.78, 5) is 4.25. The molecule has 92 valence electrons. The maximum atomic E-state index is 6.35. The zero-order chi connectivity index (χ0) is 12.2. The Balaban J connectivity index is 2.85. The van der Waals surface area contributed by atoms with E-state index in [0.717, 1.165) is 25.8 Å². The summed E-state index contributed by atoms with van der Waals surface area (Å²) in [6, 6.07) is 0. The predicted molar refractivity (Wildman–Crippen MR) is 68.4 cm³/mol. The molecular formula is C13H25N3. The molecule has 0 radical (unpaired) electrons. The van der Waals surface area contributed by atoms with Gasteiger partial charge in [0, 0.05) is 24.0 Å². The standard InChI is InChI=1S/C13H25N3/c1-5-11(4)12-8-15-10-16(12)9-13(14,6-2)7-3/h8,10-11H,5-7,9,14H2,1-4H3. The van der Waals surface area contributed by atoms with E-state index < -0.39 is 0 Å². The monoisotopic (exact) mass is 223 g/mol. The highest BCUT2D eigenvalue weighted by Gasteiger charge is 2.22. The van der Waals surface area contributed by atoms with E-state index in [4.69, 9.17) is 5.73 Å². The van der Waals surface area contributed by atoms with Crippen LogP contribution < -0.4 is 5.73 Å². The van der Waals surface area contributed by atoms with Crippen LogP contribution in [-0.4, -0.2) is 15.1 Å². The van der Waals surface area contributed by atoms with E-state index in [1.807, 2.05) is 12.5 Å². The smallest absolute Gasteiger partial charge is 0.0948 e. The summed E-state index contributed by atoms with van der Waals surface area (Å²) >= 11 is 0. The highest BCUT2D eigenvalue weighted by atomic mass is 15.1. The van der Waals surface area contributed by atoms with Crippen molar-refractivity contribution in [3.8, 4) is 0 Å². The third kappa shape index (κ3) is 2.85. The maximum absolute atomic E-state index is 6.35. The van der Waals surface area contributed by atoms with Gasteiger partial charge in [-0.3, -0.25) is 0 Å². The Morgan fingerprint density at radius 1 is 1.38 bits per heavy atom. The van der Waals surface area contributed by atoms with Crippen LogP contribution in [0.1, 0.15) is 58.6 Å². The van der Waals surface area contributed by atoms with Gasteiger partial charge in [-0.05, 0) is 25.2 Å². The molecule has 0 saturated carbocycles. The number of imidazole rings is 1. The lowest BCUT2D eigenvalue weighted by Crippen LogP contribution is -2.43. The van der Waals surface area contributed by atoms with Crippen molar-refractivity contribution >= 4 is 0 Å². The summed E-state index contributed by atoms with van der Waals surface area (Å²) in [5, 5.41) is 0. The SMILES string of the molecule is CCC(C)c1cncn1CC(N)(CC)CC. The van der Waals surface area contributed by atoms with Crippen LogP contribution >= 0.6 is 0 Å². The quantitative estimate of drug-likeness (QED) is 0.806. The minimum absolute atomic E-state index is 0.0943. The number of rotatable bonds is 6. The molecule has 0 aliphatic heterocycles. The van der Waals surface area contributed by atoms with Crippen molar-refractivity contribution in [1.29, 1.82) is 0 Å². The van der Waals surface area contributed by atoms with Crippen molar-refractivity contribution in [2.45, 2.75) is 65.0 Å². The Labute approximate surface area is 99.1 Å². The second-order valence-corrected chi connectivity index (χ2v) is 4.83. The Kier molecular flexibility index (Phi) is 4.54. The summed E-state index contributed by atoms with van der Waals surface area (Å²) in [7, 11) is 0. The maximum Gasteiger partial charge on any atom is 0.0948 e. The molecule has 1 unspecified atom stereocenters. The van der Waals surface area contributed by atoms with Gasteiger partial charge in [0.25, 0.3) is 0 Å². The first-order valence-corrected chi connectivity index (χ1v) is 6.35. The fourth-order valence-electron chi connectivity index (χ4n) is 1.90. The van der Waals surface area contributed by atoms with Gasteiger partial charge in [0.1, 0.15) is 0 Å². The Morgan fingerprint density at radius 3 is 2.50 bits per heavy atom. The second-order valence-electron chi connectivity index (χ2n) is 4.83. The summed E-state index contributed by atoms with van der Waals surface area (Å²) < 4.78 is 2.22. The van der Waals surface area contributed by atoms with Crippen molar-refractivity contribution < 1.29 is 0 Å². The van der Waals surface area contributed by atoms with Gasteiger partial charge in [-0.1, -0.05) is 27.7 Å². The molecule has 3 nitrogen and oxygen atoms in total. The van der Waals surface area contributed by atoms with Gasteiger partial charge in [-0.15, -0.1) is 0 Å². The topological polar surface area (TPSA) is 43.8 Å². The van der Waals surface area contributed by atoms with Crippen LogP contribution in [0, 0.1) is 0 Å². The minimum atomic E-state index is -0.0943. The summed E-state index contributed by atoms with van der Waals surface area (Å²) in [6.45, 7) is 9.63. The Hall–Kier alpha value is -0.830. The molecule has 1 atom stereocenters. The predicted octanol–water partition coefficient (Wildman–Crippen LogP) is 2.91. The number of nitrogens with zero attached hydrogens (tertiary/aromatic N) is 2. The van der Waals surface area contributed by atoms with Gasteiger partial charge in [0.15, 0.2) is 0 Å². The molecule has 0 spiro atoms. The molecular weight excluding hydrogens is 198 g/mol. The average molecular weight is 223 g/mol. The van der Waals surface area contributed by atoms with Crippen LogP contribution in [0.4, 0.5) is 0 Å². The molecule has 0 aromatic carbocycles. The summed E-state index contributed by atoms with van der Waals surface area (Å²) in [6.07, 6.45) is 7.03. The summed E-state index contributed by atoms with van der Waals surface area (Å²) in [5.41, 5.74) is 7.56. The molecule has 0 bridgehead atoms. The number of nitrogens with two attached hydrogens (primary N) is 1. The van der Waals surface area contributed by atoms with E-state index in [0.29, 0.717) is 5.92 Å². The molecule has 3 heteroatoms. The number of aromatic nitrogens is 2. The lowest BCUT2D eigenvalue weighted by Gasteiger charge is -2.28. The molecule has 1 aromatic heterocycles. The van der Waals surface area contributed by atoms with Crippen molar-refractivity contribution in [2.24, 2.45) is 5.73 Å².